The molecule has 0 bridgehead atoms. The Kier molecular flexibility index (Phi) is 7.47. The Morgan fingerprint density at radius 3 is 2.29 bits per heavy atom. The molecule has 0 aromatic heterocycles. The molecule has 0 saturated heterocycles. The standard InChI is InChI=1S/C9H20N2O2S/c1-3-4-5-6-7-8-9-14(12,13)11-10-2/h11H,2-9H2,1H3. The number of nitrogens with one attached hydrogen (secondary N) is 1. The van der Waals surface area contributed by atoms with Crippen LogP contribution >= 0.6 is 0 Å². The first kappa shape index (κ1) is 13.4. The van der Waals surface area contributed by atoms with Crippen LogP contribution in [0.5, 0.6) is 0 Å². The molecule has 0 aliphatic carbocycles. The highest BCUT2D eigenvalue weighted by molar-refractivity contribution is 7.89. The maximum absolute atomic E-state index is 11.1. The Bertz CT molecular complexity index is 237. The first-order valence-corrected chi connectivity index (χ1v) is 6.73. The summed E-state index contributed by atoms with van der Waals surface area (Å²) in [5, 5.41) is 3.15. The Hall–Kier alpha value is -0.580. The zero-order valence-corrected chi connectivity index (χ0v) is 9.65. The molecule has 0 unspecified atom stereocenters. The zero-order valence-electron chi connectivity index (χ0n) is 8.83. The third kappa shape index (κ3) is 8.04. The SMILES string of the molecule is C=NNS(=O)(=O)CCCCCCCC. The predicted octanol–water partition coefficient (Wildman–Crippen LogP) is 1.88. The van der Waals surface area contributed by atoms with Crippen LogP contribution in [0, 0.1) is 0 Å². The van der Waals surface area contributed by atoms with E-state index in [0.717, 1.165) is 12.8 Å². The molecule has 0 aromatic carbocycles. The Morgan fingerprint density at radius 2 is 1.71 bits per heavy atom. The number of rotatable bonds is 9. The van der Waals surface area contributed by atoms with Gasteiger partial charge in [0.15, 0.2) is 0 Å². The van der Waals surface area contributed by atoms with Crippen LogP contribution in [0.2, 0.25) is 0 Å². The molecule has 4 nitrogen and oxygen atoms in total. The van der Waals surface area contributed by atoms with Crippen LogP contribution < -0.4 is 4.83 Å². The summed E-state index contributed by atoms with van der Waals surface area (Å²) in [6.45, 7) is 5.23. The topological polar surface area (TPSA) is 58.5 Å². The minimum Gasteiger partial charge on any atom is -0.205 e. The second-order valence-electron chi connectivity index (χ2n) is 3.34. The summed E-state index contributed by atoms with van der Waals surface area (Å²) in [4.78, 5) is 2.01. The quantitative estimate of drug-likeness (QED) is 0.366. The molecule has 0 heterocycles. The zero-order chi connectivity index (χ0) is 10.9. The lowest BCUT2D eigenvalue weighted by Gasteiger charge is -2.02. The lowest BCUT2D eigenvalue weighted by Crippen LogP contribution is -2.20. The first-order chi connectivity index (χ1) is 6.62. The van der Waals surface area contributed by atoms with Crippen LogP contribution in [-0.2, 0) is 10.0 Å². The van der Waals surface area contributed by atoms with Gasteiger partial charge in [0.2, 0.25) is 10.0 Å². The van der Waals surface area contributed by atoms with Crippen LogP contribution in [0.25, 0.3) is 0 Å². The Balaban J connectivity index is 3.40. The molecule has 0 radical (unpaired) electrons. The van der Waals surface area contributed by atoms with E-state index in [9.17, 15) is 8.42 Å². The van der Waals surface area contributed by atoms with Crippen molar-refractivity contribution in [1.29, 1.82) is 0 Å². The fraction of sp³-hybridized carbons (Fsp3) is 0.889. The molecule has 0 fully saturated rings. The van der Waals surface area contributed by atoms with Crippen LogP contribution in [0.15, 0.2) is 5.10 Å². The molecule has 84 valence electrons. The van der Waals surface area contributed by atoms with E-state index >= 15 is 0 Å². The monoisotopic (exact) mass is 220 g/mol. The van der Waals surface area contributed by atoms with Crippen LogP contribution in [-0.4, -0.2) is 20.9 Å². The van der Waals surface area contributed by atoms with Crippen molar-refractivity contribution in [3.63, 3.8) is 0 Å². The predicted molar refractivity (Wildman–Crippen MR) is 59.8 cm³/mol. The highest BCUT2D eigenvalue weighted by Crippen LogP contribution is 2.05. The van der Waals surface area contributed by atoms with Gasteiger partial charge in [-0.15, -0.1) is 0 Å². The number of hydrogen-bond acceptors (Lipinski definition) is 3. The number of hydrazone groups is 1. The van der Waals surface area contributed by atoms with Crippen molar-refractivity contribution in [3.05, 3.63) is 0 Å². The van der Waals surface area contributed by atoms with Gasteiger partial charge in [-0.1, -0.05) is 39.0 Å². The Labute approximate surface area is 86.8 Å². The largest absolute Gasteiger partial charge is 0.247 e. The molecule has 0 amide bonds. The molecular formula is C9H20N2O2S. The van der Waals surface area contributed by atoms with Crippen molar-refractivity contribution in [3.8, 4) is 0 Å². The van der Waals surface area contributed by atoms with E-state index in [0.29, 0.717) is 6.42 Å². The summed E-state index contributed by atoms with van der Waals surface area (Å²) in [7, 11) is -3.20. The van der Waals surface area contributed by atoms with Gasteiger partial charge in [-0.3, -0.25) is 0 Å². The van der Waals surface area contributed by atoms with Crippen molar-refractivity contribution in [2.45, 2.75) is 45.4 Å². The third-order valence-electron chi connectivity index (χ3n) is 1.97. The van der Waals surface area contributed by atoms with Gasteiger partial charge in [-0.25, -0.2) is 13.2 Å². The van der Waals surface area contributed by atoms with Crippen molar-refractivity contribution >= 4 is 16.7 Å². The van der Waals surface area contributed by atoms with Crippen LogP contribution in [0.3, 0.4) is 0 Å². The highest BCUT2D eigenvalue weighted by Gasteiger charge is 2.06. The van der Waals surface area contributed by atoms with Crippen molar-refractivity contribution in [2.24, 2.45) is 5.10 Å². The smallest absolute Gasteiger partial charge is 0.205 e. The van der Waals surface area contributed by atoms with E-state index < -0.39 is 10.0 Å². The van der Waals surface area contributed by atoms with E-state index in [1.807, 2.05) is 4.83 Å². The molecule has 0 aliphatic heterocycles. The molecule has 0 saturated carbocycles. The molecule has 0 atom stereocenters. The lowest BCUT2D eigenvalue weighted by atomic mass is 10.1. The second-order valence-corrected chi connectivity index (χ2v) is 5.16. The van der Waals surface area contributed by atoms with Crippen molar-refractivity contribution in [2.75, 3.05) is 5.75 Å². The van der Waals surface area contributed by atoms with Gasteiger partial charge in [0.1, 0.15) is 0 Å². The van der Waals surface area contributed by atoms with Crippen molar-refractivity contribution in [1.82, 2.24) is 4.83 Å². The van der Waals surface area contributed by atoms with Crippen LogP contribution in [0.1, 0.15) is 45.4 Å². The van der Waals surface area contributed by atoms with Gasteiger partial charge < -0.3 is 0 Å². The van der Waals surface area contributed by atoms with Gasteiger partial charge in [-0.2, -0.15) is 5.10 Å². The third-order valence-corrected chi connectivity index (χ3v) is 3.20. The van der Waals surface area contributed by atoms with E-state index in [2.05, 4.69) is 18.7 Å². The summed E-state index contributed by atoms with van der Waals surface area (Å²) in [5.74, 6) is 0.151. The number of nitrogens with zero attached hydrogens (tertiary/aromatic N) is 1. The fourth-order valence-corrected chi connectivity index (χ4v) is 2.09. The normalized spacial score (nSPS) is 11.2. The van der Waals surface area contributed by atoms with Gasteiger partial charge >= 0.3 is 0 Å². The first-order valence-electron chi connectivity index (χ1n) is 5.07. The summed E-state index contributed by atoms with van der Waals surface area (Å²) >= 11 is 0. The summed E-state index contributed by atoms with van der Waals surface area (Å²) in [6, 6.07) is 0. The van der Waals surface area contributed by atoms with E-state index in [-0.39, 0.29) is 5.75 Å². The molecular weight excluding hydrogens is 200 g/mol. The van der Waals surface area contributed by atoms with Crippen LogP contribution in [0.4, 0.5) is 0 Å². The van der Waals surface area contributed by atoms with E-state index in [4.69, 9.17) is 0 Å². The number of sulfonamides is 1. The molecule has 0 aliphatic rings. The highest BCUT2D eigenvalue weighted by atomic mass is 32.2. The minimum absolute atomic E-state index is 0.151. The molecule has 1 N–H and O–H groups in total. The molecule has 0 aromatic rings. The maximum Gasteiger partial charge on any atom is 0.247 e. The van der Waals surface area contributed by atoms with E-state index in [1.54, 1.807) is 0 Å². The number of unbranched alkanes of at least 4 members (excludes halogenated alkanes) is 5. The summed E-state index contributed by atoms with van der Waals surface area (Å²) in [6.07, 6.45) is 6.43. The Morgan fingerprint density at radius 1 is 1.14 bits per heavy atom. The van der Waals surface area contributed by atoms with Gasteiger partial charge in [0, 0.05) is 6.72 Å². The van der Waals surface area contributed by atoms with Gasteiger partial charge in [-0.05, 0) is 6.42 Å². The van der Waals surface area contributed by atoms with Gasteiger partial charge in [0.25, 0.3) is 0 Å². The molecule has 0 rings (SSSR count). The maximum atomic E-state index is 11.1. The van der Waals surface area contributed by atoms with E-state index in [1.165, 1.54) is 19.3 Å². The molecule has 14 heavy (non-hydrogen) atoms. The summed E-state index contributed by atoms with van der Waals surface area (Å²) in [5.41, 5.74) is 0. The average Bonchev–Trinajstić information content (AvgIpc) is 2.11. The van der Waals surface area contributed by atoms with Gasteiger partial charge in [0.05, 0.1) is 5.75 Å². The minimum atomic E-state index is -3.20. The fourth-order valence-electron chi connectivity index (χ4n) is 1.22. The average molecular weight is 220 g/mol. The number of hydrogen-bond donors (Lipinski definition) is 1. The molecule has 0 spiro atoms. The summed E-state index contributed by atoms with van der Waals surface area (Å²) < 4.78 is 22.1. The molecule has 5 heteroatoms. The lowest BCUT2D eigenvalue weighted by molar-refractivity contribution is 0.574. The van der Waals surface area contributed by atoms with Crippen molar-refractivity contribution < 1.29 is 8.42 Å². The second kappa shape index (κ2) is 7.79.